The Bertz CT molecular complexity index is 1830. The lowest BCUT2D eigenvalue weighted by Crippen LogP contribution is -2.19. The van der Waals surface area contributed by atoms with Gasteiger partial charge in [0, 0.05) is 33.7 Å². The van der Waals surface area contributed by atoms with Crippen molar-refractivity contribution in [3.8, 4) is 11.3 Å². The number of carbonyl (C=O) groups excluding carboxylic acids is 2. The van der Waals surface area contributed by atoms with Gasteiger partial charge in [0.2, 0.25) is 5.91 Å². The van der Waals surface area contributed by atoms with E-state index in [0.29, 0.717) is 27.0 Å². The Morgan fingerprint density at radius 2 is 1.58 bits per heavy atom. The highest BCUT2D eigenvalue weighted by molar-refractivity contribution is 8.00. The van der Waals surface area contributed by atoms with Crippen LogP contribution in [0, 0.1) is 10.1 Å². The van der Waals surface area contributed by atoms with Crippen LogP contribution in [0.4, 0.5) is 16.5 Å². The van der Waals surface area contributed by atoms with Crippen LogP contribution in [0.15, 0.2) is 113 Å². The second kappa shape index (κ2) is 13.1. The highest BCUT2D eigenvalue weighted by Gasteiger charge is 2.24. The summed E-state index contributed by atoms with van der Waals surface area (Å²) in [6.07, 6.45) is 0. The third kappa shape index (κ3) is 7.12. The third-order valence-electron chi connectivity index (χ3n) is 6.18. The van der Waals surface area contributed by atoms with Crippen LogP contribution >= 0.6 is 23.1 Å². The predicted molar refractivity (Wildman–Crippen MR) is 166 cm³/mol. The molecule has 1 unspecified atom stereocenters. The zero-order valence-corrected chi connectivity index (χ0v) is 23.8. The number of non-ortho nitro benzene ring substituents is 1. The van der Waals surface area contributed by atoms with E-state index in [1.165, 1.54) is 47.4 Å². The molecule has 12 heteroatoms. The van der Waals surface area contributed by atoms with Crippen LogP contribution in [-0.2, 0) is 4.79 Å². The molecule has 0 spiro atoms. The van der Waals surface area contributed by atoms with Crippen LogP contribution < -0.4 is 10.6 Å². The number of nitrogens with zero attached hydrogens (tertiary/aromatic N) is 2. The van der Waals surface area contributed by atoms with Crippen LogP contribution in [0.25, 0.3) is 11.3 Å². The number of nitro benzene ring substituents is 1. The van der Waals surface area contributed by atoms with Crippen molar-refractivity contribution in [2.45, 2.75) is 10.1 Å². The summed E-state index contributed by atoms with van der Waals surface area (Å²) in [5.41, 5.74) is 2.10. The molecule has 1 aromatic heterocycles. The normalized spacial score (nSPS) is 11.3. The molecule has 5 aromatic rings. The van der Waals surface area contributed by atoms with Crippen LogP contribution in [0.3, 0.4) is 0 Å². The Balaban J connectivity index is 1.35. The number of hydrogen-bond donors (Lipinski definition) is 3. The molecular formula is C31H22N4O6S2. The number of rotatable bonds is 10. The zero-order chi connectivity index (χ0) is 30.3. The summed E-state index contributed by atoms with van der Waals surface area (Å²) in [7, 11) is 0. The van der Waals surface area contributed by atoms with Gasteiger partial charge >= 0.3 is 5.97 Å². The molecular weight excluding hydrogens is 588 g/mol. The third-order valence-corrected chi connectivity index (χ3v) is 8.18. The van der Waals surface area contributed by atoms with Crippen molar-refractivity contribution in [2.75, 3.05) is 10.6 Å². The number of benzene rings is 4. The van der Waals surface area contributed by atoms with E-state index in [1.54, 1.807) is 53.9 Å². The van der Waals surface area contributed by atoms with Gasteiger partial charge in [-0.1, -0.05) is 60.7 Å². The maximum Gasteiger partial charge on any atom is 0.336 e. The topological polar surface area (TPSA) is 152 Å². The van der Waals surface area contributed by atoms with Crippen molar-refractivity contribution in [2.24, 2.45) is 0 Å². The molecule has 4 aromatic carbocycles. The summed E-state index contributed by atoms with van der Waals surface area (Å²) in [5, 5.41) is 27.6. The Morgan fingerprint density at radius 1 is 0.860 bits per heavy atom. The van der Waals surface area contributed by atoms with Crippen LogP contribution in [0.1, 0.15) is 31.5 Å². The number of thiazole rings is 1. The van der Waals surface area contributed by atoms with E-state index in [1.807, 2.05) is 30.3 Å². The first-order valence-corrected chi connectivity index (χ1v) is 14.5. The van der Waals surface area contributed by atoms with Crippen molar-refractivity contribution in [1.82, 2.24) is 4.98 Å². The van der Waals surface area contributed by atoms with Gasteiger partial charge < -0.3 is 15.7 Å². The summed E-state index contributed by atoms with van der Waals surface area (Å²) in [6.45, 7) is 0. The lowest BCUT2D eigenvalue weighted by molar-refractivity contribution is -0.384. The molecule has 10 nitrogen and oxygen atoms in total. The molecule has 43 heavy (non-hydrogen) atoms. The van der Waals surface area contributed by atoms with Crippen LogP contribution in [-0.4, -0.2) is 32.8 Å². The largest absolute Gasteiger partial charge is 0.478 e. The second-order valence-corrected chi connectivity index (χ2v) is 11.1. The monoisotopic (exact) mass is 610 g/mol. The maximum absolute atomic E-state index is 13.6. The number of anilines is 2. The molecule has 0 bridgehead atoms. The number of carboxylic acids is 1. The number of carbonyl (C=O) groups is 3. The van der Waals surface area contributed by atoms with Crippen LogP contribution in [0.2, 0.25) is 0 Å². The molecule has 1 atom stereocenters. The minimum atomic E-state index is -1.20. The summed E-state index contributed by atoms with van der Waals surface area (Å²) >= 11 is 2.47. The van der Waals surface area contributed by atoms with Gasteiger partial charge in [0.15, 0.2) is 5.13 Å². The number of carboxylic acid groups (broad SMARTS) is 1. The van der Waals surface area contributed by atoms with Crippen LogP contribution in [0.5, 0.6) is 0 Å². The van der Waals surface area contributed by atoms with Gasteiger partial charge in [-0.25, -0.2) is 9.78 Å². The van der Waals surface area contributed by atoms with E-state index in [4.69, 9.17) is 0 Å². The molecule has 0 aliphatic carbocycles. The minimum Gasteiger partial charge on any atom is -0.478 e. The van der Waals surface area contributed by atoms with E-state index in [9.17, 15) is 29.6 Å². The summed E-state index contributed by atoms with van der Waals surface area (Å²) in [5.74, 6) is -2.11. The fourth-order valence-electron chi connectivity index (χ4n) is 4.16. The van der Waals surface area contributed by atoms with Crippen molar-refractivity contribution in [3.05, 3.63) is 135 Å². The Labute approximate surface area is 253 Å². The molecule has 0 aliphatic heterocycles. The number of nitrogens with one attached hydrogen (secondary N) is 2. The first-order chi connectivity index (χ1) is 20.8. The second-order valence-electron chi connectivity index (χ2n) is 9.08. The van der Waals surface area contributed by atoms with Crippen molar-refractivity contribution >= 4 is 57.4 Å². The predicted octanol–water partition coefficient (Wildman–Crippen LogP) is 7.14. The molecule has 5 rings (SSSR count). The van der Waals surface area contributed by atoms with E-state index in [-0.39, 0.29) is 22.7 Å². The molecule has 2 amide bonds. The summed E-state index contributed by atoms with van der Waals surface area (Å²) in [6, 6.07) is 28.1. The van der Waals surface area contributed by atoms with Gasteiger partial charge in [0.05, 0.1) is 21.7 Å². The van der Waals surface area contributed by atoms with E-state index >= 15 is 0 Å². The molecule has 0 aliphatic rings. The zero-order valence-electron chi connectivity index (χ0n) is 22.2. The molecule has 0 fully saturated rings. The number of thioether (sulfide) groups is 1. The fraction of sp³-hybridized carbons (Fsp3) is 0.0323. The Hall–Kier alpha value is -5.33. The molecule has 3 N–H and O–H groups in total. The van der Waals surface area contributed by atoms with Gasteiger partial charge in [-0.2, -0.15) is 0 Å². The standard InChI is InChI=1S/C31H22N4O6S2/c36-28(24-14-4-5-15-25(24)30(38)39)32-21-11-7-13-23(17-21)43-27(19-8-2-1-3-9-19)29(37)34-31-33-26(18-42-31)20-10-6-12-22(16-20)35(40)41/h1-18,27H,(H,32,36)(H,38,39)(H,33,34,37). The number of amides is 2. The van der Waals surface area contributed by atoms with E-state index < -0.39 is 22.0 Å². The molecule has 1 heterocycles. The average molecular weight is 611 g/mol. The van der Waals surface area contributed by atoms with Gasteiger partial charge in [0.25, 0.3) is 11.6 Å². The Kier molecular flexibility index (Phi) is 8.89. The molecule has 0 saturated heterocycles. The lowest BCUT2D eigenvalue weighted by atomic mass is 10.1. The van der Waals surface area contributed by atoms with Gasteiger partial charge in [-0.05, 0) is 35.9 Å². The van der Waals surface area contributed by atoms with E-state index in [0.717, 1.165) is 5.56 Å². The first kappa shape index (κ1) is 29.2. The SMILES string of the molecule is O=C(O)c1ccccc1C(=O)Nc1cccc(SC(C(=O)Nc2nc(-c3cccc([N+](=O)[O-])c3)cs2)c2ccccc2)c1. The van der Waals surface area contributed by atoms with Crippen molar-refractivity contribution in [3.63, 3.8) is 0 Å². The number of aromatic nitrogens is 1. The molecule has 0 saturated carbocycles. The lowest BCUT2D eigenvalue weighted by Gasteiger charge is -2.17. The highest BCUT2D eigenvalue weighted by atomic mass is 32.2. The number of hydrogen-bond acceptors (Lipinski definition) is 8. The summed E-state index contributed by atoms with van der Waals surface area (Å²) < 4.78 is 0. The Morgan fingerprint density at radius 3 is 2.33 bits per heavy atom. The average Bonchev–Trinajstić information content (AvgIpc) is 3.49. The number of nitro groups is 1. The van der Waals surface area contributed by atoms with Crippen molar-refractivity contribution < 1.29 is 24.4 Å². The molecule has 0 radical (unpaired) electrons. The first-order valence-electron chi connectivity index (χ1n) is 12.7. The quantitative estimate of drug-likeness (QED) is 0.0857. The van der Waals surface area contributed by atoms with Crippen molar-refractivity contribution in [1.29, 1.82) is 0 Å². The highest BCUT2D eigenvalue weighted by Crippen LogP contribution is 2.38. The van der Waals surface area contributed by atoms with Gasteiger partial charge in [-0.3, -0.25) is 19.7 Å². The smallest absolute Gasteiger partial charge is 0.336 e. The van der Waals surface area contributed by atoms with E-state index in [2.05, 4.69) is 15.6 Å². The minimum absolute atomic E-state index is 0.0301. The fourth-order valence-corrected chi connectivity index (χ4v) is 5.97. The molecule has 214 valence electrons. The maximum atomic E-state index is 13.6. The number of aromatic carboxylic acids is 1. The van der Waals surface area contributed by atoms with Gasteiger partial charge in [-0.15, -0.1) is 23.1 Å². The van der Waals surface area contributed by atoms with Gasteiger partial charge in [0.1, 0.15) is 5.25 Å². The summed E-state index contributed by atoms with van der Waals surface area (Å²) in [4.78, 5) is 53.8.